The van der Waals surface area contributed by atoms with E-state index < -0.39 is 0 Å². The minimum Gasteiger partial charge on any atom is -0.327 e. The number of hydrogen-bond donors (Lipinski definition) is 1. The van der Waals surface area contributed by atoms with E-state index in [0.29, 0.717) is 6.04 Å². The summed E-state index contributed by atoms with van der Waals surface area (Å²) in [5, 5.41) is 4.21. The number of rotatable bonds is 3. The summed E-state index contributed by atoms with van der Waals surface area (Å²) in [6.45, 7) is 4.27. The molecule has 1 fully saturated rings. The van der Waals surface area contributed by atoms with Crippen molar-refractivity contribution >= 4 is 0 Å². The molecule has 2 atom stereocenters. The molecule has 1 aromatic rings. The molecule has 0 saturated carbocycles. The Labute approximate surface area is 97.4 Å². The Morgan fingerprint density at radius 1 is 1.56 bits per heavy atom. The average Bonchev–Trinajstić information content (AvgIpc) is 2.64. The van der Waals surface area contributed by atoms with E-state index in [0.717, 1.165) is 6.54 Å². The number of likely N-dealkylation sites (tertiary alicyclic amines) is 1. The van der Waals surface area contributed by atoms with Crippen LogP contribution >= 0.6 is 0 Å². The van der Waals surface area contributed by atoms with E-state index in [4.69, 9.17) is 5.73 Å². The fourth-order valence-electron chi connectivity index (χ4n) is 2.60. The van der Waals surface area contributed by atoms with Crippen LogP contribution in [0.25, 0.3) is 0 Å². The van der Waals surface area contributed by atoms with Crippen LogP contribution < -0.4 is 5.73 Å². The van der Waals surface area contributed by atoms with Gasteiger partial charge in [-0.25, -0.2) is 0 Å². The molecule has 0 radical (unpaired) electrons. The molecule has 4 heteroatoms. The van der Waals surface area contributed by atoms with Crippen molar-refractivity contribution in [1.82, 2.24) is 14.7 Å². The van der Waals surface area contributed by atoms with Gasteiger partial charge in [-0.05, 0) is 26.3 Å². The number of nitrogens with zero attached hydrogens (tertiary/aromatic N) is 3. The molecule has 1 aliphatic heterocycles. The first-order chi connectivity index (χ1) is 7.66. The molecule has 16 heavy (non-hydrogen) atoms. The molecule has 0 aliphatic carbocycles. The predicted octanol–water partition coefficient (Wildman–Crippen LogP) is 1.12. The highest BCUT2D eigenvalue weighted by Crippen LogP contribution is 2.21. The first kappa shape index (κ1) is 11.6. The highest BCUT2D eigenvalue weighted by Gasteiger charge is 2.25. The third-order valence-corrected chi connectivity index (χ3v) is 3.42. The molecule has 90 valence electrons. The van der Waals surface area contributed by atoms with Crippen molar-refractivity contribution in [2.75, 3.05) is 6.54 Å². The maximum absolute atomic E-state index is 6.05. The predicted molar refractivity (Wildman–Crippen MR) is 64.9 cm³/mol. The Morgan fingerprint density at radius 3 is 3.00 bits per heavy atom. The lowest BCUT2D eigenvalue weighted by Crippen LogP contribution is -2.48. The van der Waals surface area contributed by atoms with E-state index in [-0.39, 0.29) is 6.04 Å². The summed E-state index contributed by atoms with van der Waals surface area (Å²) in [5.74, 6) is 0. The molecule has 0 amide bonds. The molecule has 4 nitrogen and oxygen atoms in total. The highest BCUT2D eigenvalue weighted by atomic mass is 15.2. The van der Waals surface area contributed by atoms with Crippen LogP contribution in [0.3, 0.4) is 0 Å². The molecule has 2 rings (SSSR count). The van der Waals surface area contributed by atoms with E-state index in [1.54, 1.807) is 0 Å². The molecular weight excluding hydrogens is 200 g/mol. The number of piperidine rings is 1. The molecule has 0 bridgehead atoms. The standard InChI is InChI=1S/C12H22N4/c1-10(13)12-5-3-4-6-16(12)9-11-7-14-15(2)8-11/h7-8,10,12H,3-6,9,13H2,1-2H3. The van der Waals surface area contributed by atoms with Crippen molar-refractivity contribution in [3.05, 3.63) is 18.0 Å². The second kappa shape index (κ2) is 4.97. The Balaban J connectivity index is 2.01. The minimum atomic E-state index is 0.261. The average molecular weight is 222 g/mol. The molecule has 0 aromatic carbocycles. The summed E-state index contributed by atoms with van der Waals surface area (Å²) in [6, 6.07) is 0.797. The van der Waals surface area contributed by atoms with Crippen molar-refractivity contribution < 1.29 is 0 Å². The third kappa shape index (κ3) is 2.62. The van der Waals surface area contributed by atoms with Crippen LogP contribution in [-0.2, 0) is 13.6 Å². The van der Waals surface area contributed by atoms with E-state index in [1.807, 2.05) is 17.9 Å². The summed E-state index contributed by atoms with van der Waals surface area (Å²) in [6.07, 6.45) is 7.89. The van der Waals surface area contributed by atoms with Crippen molar-refractivity contribution in [2.45, 2.75) is 44.8 Å². The third-order valence-electron chi connectivity index (χ3n) is 3.42. The molecular formula is C12H22N4. The second-order valence-electron chi connectivity index (χ2n) is 4.91. The summed E-state index contributed by atoms with van der Waals surface area (Å²) in [5.41, 5.74) is 7.34. The molecule has 1 aliphatic rings. The van der Waals surface area contributed by atoms with Gasteiger partial charge in [0.2, 0.25) is 0 Å². The lowest BCUT2D eigenvalue weighted by molar-refractivity contribution is 0.123. The van der Waals surface area contributed by atoms with Crippen LogP contribution in [0.5, 0.6) is 0 Å². The van der Waals surface area contributed by atoms with E-state index >= 15 is 0 Å². The quantitative estimate of drug-likeness (QED) is 0.833. The van der Waals surface area contributed by atoms with Gasteiger partial charge in [0.05, 0.1) is 6.20 Å². The fraction of sp³-hybridized carbons (Fsp3) is 0.750. The van der Waals surface area contributed by atoms with Gasteiger partial charge in [-0.2, -0.15) is 5.10 Å². The minimum absolute atomic E-state index is 0.261. The van der Waals surface area contributed by atoms with E-state index in [1.165, 1.54) is 31.4 Å². The highest BCUT2D eigenvalue weighted by molar-refractivity contribution is 5.04. The van der Waals surface area contributed by atoms with E-state index in [9.17, 15) is 0 Å². The summed E-state index contributed by atoms with van der Waals surface area (Å²) in [7, 11) is 1.96. The number of aryl methyl sites for hydroxylation is 1. The maximum atomic E-state index is 6.05. The van der Waals surface area contributed by atoms with Gasteiger partial charge in [-0.3, -0.25) is 9.58 Å². The number of hydrogen-bond acceptors (Lipinski definition) is 3. The zero-order valence-electron chi connectivity index (χ0n) is 10.3. The SMILES string of the molecule is CC(N)C1CCCCN1Cc1cnn(C)c1. The fourth-order valence-corrected chi connectivity index (χ4v) is 2.60. The topological polar surface area (TPSA) is 47.1 Å². The van der Waals surface area contributed by atoms with Gasteiger partial charge in [0.15, 0.2) is 0 Å². The smallest absolute Gasteiger partial charge is 0.0534 e. The Morgan fingerprint density at radius 2 is 2.38 bits per heavy atom. The Bertz CT molecular complexity index is 332. The van der Waals surface area contributed by atoms with Gasteiger partial charge in [0.1, 0.15) is 0 Å². The molecule has 2 unspecified atom stereocenters. The Hall–Kier alpha value is -0.870. The van der Waals surface area contributed by atoms with Crippen molar-refractivity contribution in [3.8, 4) is 0 Å². The van der Waals surface area contributed by atoms with Crippen LogP contribution in [0, 0.1) is 0 Å². The van der Waals surface area contributed by atoms with Gasteiger partial charge in [-0.1, -0.05) is 6.42 Å². The monoisotopic (exact) mass is 222 g/mol. The summed E-state index contributed by atoms with van der Waals surface area (Å²) >= 11 is 0. The molecule has 1 aromatic heterocycles. The molecule has 2 heterocycles. The van der Waals surface area contributed by atoms with Gasteiger partial charge in [0, 0.05) is 37.4 Å². The lowest BCUT2D eigenvalue weighted by atomic mass is 9.96. The molecule has 1 saturated heterocycles. The van der Waals surface area contributed by atoms with Gasteiger partial charge < -0.3 is 5.73 Å². The van der Waals surface area contributed by atoms with Crippen LogP contribution in [0.1, 0.15) is 31.7 Å². The van der Waals surface area contributed by atoms with Gasteiger partial charge in [0.25, 0.3) is 0 Å². The maximum Gasteiger partial charge on any atom is 0.0534 e. The van der Waals surface area contributed by atoms with Crippen molar-refractivity contribution in [2.24, 2.45) is 12.8 Å². The van der Waals surface area contributed by atoms with E-state index in [2.05, 4.69) is 23.1 Å². The zero-order chi connectivity index (χ0) is 11.5. The largest absolute Gasteiger partial charge is 0.327 e. The van der Waals surface area contributed by atoms with Gasteiger partial charge in [-0.15, -0.1) is 0 Å². The molecule has 0 spiro atoms. The molecule has 2 N–H and O–H groups in total. The van der Waals surface area contributed by atoms with Crippen LogP contribution in [0.15, 0.2) is 12.4 Å². The van der Waals surface area contributed by atoms with Crippen LogP contribution in [-0.4, -0.2) is 33.3 Å². The lowest BCUT2D eigenvalue weighted by Gasteiger charge is -2.37. The van der Waals surface area contributed by atoms with Crippen LogP contribution in [0.2, 0.25) is 0 Å². The Kier molecular flexibility index (Phi) is 3.61. The number of aromatic nitrogens is 2. The first-order valence-corrected chi connectivity index (χ1v) is 6.14. The first-order valence-electron chi connectivity index (χ1n) is 6.14. The number of nitrogens with two attached hydrogens (primary N) is 1. The second-order valence-corrected chi connectivity index (χ2v) is 4.91. The van der Waals surface area contributed by atoms with Crippen molar-refractivity contribution in [3.63, 3.8) is 0 Å². The summed E-state index contributed by atoms with van der Waals surface area (Å²) in [4.78, 5) is 2.51. The van der Waals surface area contributed by atoms with Crippen LogP contribution in [0.4, 0.5) is 0 Å². The normalized spacial score (nSPS) is 24.6. The zero-order valence-corrected chi connectivity index (χ0v) is 10.3. The van der Waals surface area contributed by atoms with Crippen molar-refractivity contribution in [1.29, 1.82) is 0 Å². The van der Waals surface area contributed by atoms with Gasteiger partial charge >= 0.3 is 0 Å². The summed E-state index contributed by atoms with van der Waals surface area (Å²) < 4.78 is 1.86.